The number of aromatic nitrogens is 2. The van der Waals surface area contributed by atoms with E-state index in [4.69, 9.17) is 9.72 Å². The minimum Gasteiger partial charge on any atom is -0.379 e. The van der Waals surface area contributed by atoms with E-state index >= 15 is 0 Å². The number of carbonyl (C=O) groups excluding carboxylic acids is 1. The molecule has 2 N–H and O–H groups in total. The van der Waals surface area contributed by atoms with E-state index in [1.165, 1.54) is 0 Å². The van der Waals surface area contributed by atoms with Crippen molar-refractivity contribution in [2.75, 3.05) is 51.3 Å². The molecule has 2 aromatic rings. The molecule has 0 spiro atoms. The third-order valence-electron chi connectivity index (χ3n) is 4.74. The van der Waals surface area contributed by atoms with E-state index in [1.807, 2.05) is 30.3 Å². The second-order valence-electron chi connectivity index (χ2n) is 6.48. The van der Waals surface area contributed by atoms with Crippen molar-refractivity contribution < 1.29 is 9.53 Å². The van der Waals surface area contributed by atoms with Crippen molar-refractivity contribution in [2.24, 2.45) is 0 Å². The molecule has 0 saturated carbocycles. The smallest absolute Gasteiger partial charge is 0.270 e. The molecule has 136 valence electrons. The Hall–Kier alpha value is -2.51. The molecule has 0 atom stereocenters. The summed E-state index contributed by atoms with van der Waals surface area (Å²) in [5.74, 6) is 1.23. The van der Waals surface area contributed by atoms with Crippen LogP contribution in [0.4, 0.5) is 5.82 Å². The molecule has 4 rings (SSSR count). The van der Waals surface area contributed by atoms with Crippen LogP contribution in [0.2, 0.25) is 0 Å². The van der Waals surface area contributed by atoms with Gasteiger partial charge in [-0.3, -0.25) is 9.69 Å². The lowest BCUT2D eigenvalue weighted by Gasteiger charge is -2.27. The van der Waals surface area contributed by atoms with Crippen molar-refractivity contribution in [3.05, 3.63) is 41.6 Å². The number of fused-ring (bicyclic) bond motifs is 1. The highest BCUT2D eigenvalue weighted by molar-refractivity contribution is 5.96. The van der Waals surface area contributed by atoms with Crippen molar-refractivity contribution >= 4 is 11.7 Å². The minimum absolute atomic E-state index is 0.123. The van der Waals surface area contributed by atoms with Gasteiger partial charge in [0.2, 0.25) is 0 Å². The van der Waals surface area contributed by atoms with Crippen molar-refractivity contribution in [3.63, 3.8) is 0 Å². The van der Waals surface area contributed by atoms with E-state index < -0.39 is 0 Å². The zero-order chi connectivity index (χ0) is 17.8. The van der Waals surface area contributed by atoms with Gasteiger partial charge in [-0.25, -0.2) is 9.97 Å². The Labute approximate surface area is 152 Å². The van der Waals surface area contributed by atoms with E-state index in [-0.39, 0.29) is 5.91 Å². The van der Waals surface area contributed by atoms with Crippen molar-refractivity contribution in [2.45, 2.75) is 6.42 Å². The summed E-state index contributed by atoms with van der Waals surface area (Å²) in [6, 6.07) is 9.77. The molecule has 0 unspecified atom stereocenters. The van der Waals surface area contributed by atoms with E-state index in [9.17, 15) is 4.79 Å². The maximum atomic E-state index is 12.3. The Morgan fingerprint density at radius 1 is 1.15 bits per heavy atom. The molecule has 0 bridgehead atoms. The quantitative estimate of drug-likeness (QED) is 0.840. The maximum absolute atomic E-state index is 12.3. The van der Waals surface area contributed by atoms with Gasteiger partial charge in [0.25, 0.3) is 5.91 Å². The van der Waals surface area contributed by atoms with Gasteiger partial charge in [0.1, 0.15) is 11.5 Å². The number of morpholine rings is 1. The molecule has 1 saturated heterocycles. The molecule has 2 aliphatic heterocycles. The summed E-state index contributed by atoms with van der Waals surface area (Å²) in [4.78, 5) is 23.9. The normalized spacial score (nSPS) is 17.5. The zero-order valence-electron chi connectivity index (χ0n) is 14.7. The van der Waals surface area contributed by atoms with Crippen molar-refractivity contribution in [1.29, 1.82) is 0 Å². The van der Waals surface area contributed by atoms with Gasteiger partial charge in [-0.2, -0.15) is 0 Å². The molecule has 2 aliphatic rings. The number of nitrogens with zero attached hydrogens (tertiary/aromatic N) is 3. The van der Waals surface area contributed by atoms with Gasteiger partial charge >= 0.3 is 0 Å². The lowest BCUT2D eigenvalue weighted by Crippen LogP contribution is -2.39. The number of hydrogen-bond acceptors (Lipinski definition) is 6. The van der Waals surface area contributed by atoms with Crippen LogP contribution in [-0.4, -0.2) is 66.7 Å². The molecule has 1 aromatic heterocycles. The minimum atomic E-state index is -0.123. The maximum Gasteiger partial charge on any atom is 0.270 e. The first-order valence-electron chi connectivity index (χ1n) is 9.10. The highest BCUT2D eigenvalue weighted by atomic mass is 16.5. The first kappa shape index (κ1) is 16.9. The molecule has 1 fully saturated rings. The number of carbonyl (C=O) groups is 1. The Balaban J connectivity index is 1.57. The molecular weight excluding hydrogens is 330 g/mol. The van der Waals surface area contributed by atoms with Crippen LogP contribution >= 0.6 is 0 Å². The number of benzene rings is 1. The summed E-state index contributed by atoms with van der Waals surface area (Å²) < 4.78 is 5.39. The number of anilines is 1. The number of amides is 1. The van der Waals surface area contributed by atoms with Gasteiger partial charge in [0, 0.05) is 43.9 Å². The lowest BCUT2D eigenvalue weighted by molar-refractivity contribution is 0.0398. The van der Waals surface area contributed by atoms with E-state index in [0.29, 0.717) is 18.1 Å². The Morgan fingerprint density at radius 3 is 2.77 bits per heavy atom. The molecule has 1 amide bonds. The summed E-state index contributed by atoms with van der Waals surface area (Å²) >= 11 is 0. The molecule has 7 heteroatoms. The highest BCUT2D eigenvalue weighted by Crippen LogP contribution is 2.24. The van der Waals surface area contributed by atoms with Gasteiger partial charge < -0.3 is 15.4 Å². The largest absolute Gasteiger partial charge is 0.379 e. The van der Waals surface area contributed by atoms with Crippen LogP contribution < -0.4 is 10.6 Å². The molecule has 3 heterocycles. The predicted molar refractivity (Wildman–Crippen MR) is 99.3 cm³/mol. The van der Waals surface area contributed by atoms with Crippen molar-refractivity contribution in [3.8, 4) is 11.4 Å². The molecule has 0 radical (unpaired) electrons. The average Bonchev–Trinajstić information content (AvgIpc) is 2.70. The fourth-order valence-electron chi connectivity index (χ4n) is 3.31. The number of rotatable bonds is 5. The van der Waals surface area contributed by atoms with Crippen LogP contribution in [0.5, 0.6) is 0 Å². The summed E-state index contributed by atoms with van der Waals surface area (Å²) in [5, 5.41) is 6.31. The standard InChI is InChI=1S/C19H23N5O2/c25-19-16-15(6-7-21-19)18(20-8-9-24-10-12-26-13-11-24)23-17(22-16)14-4-2-1-3-5-14/h1-5H,6-13H2,(H,21,25)(H,20,22,23). The molecule has 1 aromatic carbocycles. The van der Waals surface area contributed by atoms with E-state index in [0.717, 1.165) is 62.8 Å². The zero-order valence-corrected chi connectivity index (χ0v) is 14.7. The monoisotopic (exact) mass is 353 g/mol. The SMILES string of the molecule is O=C1NCCc2c(NCCN3CCOCC3)nc(-c3ccccc3)nc21. The fourth-order valence-corrected chi connectivity index (χ4v) is 3.31. The molecule has 0 aliphatic carbocycles. The predicted octanol–water partition coefficient (Wildman–Crippen LogP) is 1.17. The van der Waals surface area contributed by atoms with Crippen LogP contribution in [0.3, 0.4) is 0 Å². The van der Waals surface area contributed by atoms with Gasteiger partial charge in [-0.15, -0.1) is 0 Å². The summed E-state index contributed by atoms with van der Waals surface area (Å²) in [5.41, 5.74) is 2.30. The molecule has 26 heavy (non-hydrogen) atoms. The first-order chi connectivity index (χ1) is 12.8. The topological polar surface area (TPSA) is 79.4 Å². The van der Waals surface area contributed by atoms with Gasteiger partial charge in [0.05, 0.1) is 13.2 Å². The number of ether oxygens (including phenoxy) is 1. The number of nitrogens with one attached hydrogen (secondary N) is 2. The van der Waals surface area contributed by atoms with Gasteiger partial charge in [-0.05, 0) is 6.42 Å². The van der Waals surface area contributed by atoms with Crippen LogP contribution in [0, 0.1) is 0 Å². The van der Waals surface area contributed by atoms with Crippen LogP contribution in [0.15, 0.2) is 30.3 Å². The lowest BCUT2D eigenvalue weighted by atomic mass is 10.1. The van der Waals surface area contributed by atoms with Crippen LogP contribution in [0.25, 0.3) is 11.4 Å². The number of hydrogen-bond donors (Lipinski definition) is 2. The third kappa shape index (κ3) is 3.68. The van der Waals surface area contributed by atoms with Crippen LogP contribution in [-0.2, 0) is 11.2 Å². The van der Waals surface area contributed by atoms with E-state index in [2.05, 4.69) is 20.5 Å². The summed E-state index contributed by atoms with van der Waals surface area (Å²) in [6.07, 6.45) is 0.746. The molecular formula is C19H23N5O2. The van der Waals surface area contributed by atoms with Gasteiger partial charge in [-0.1, -0.05) is 30.3 Å². The Bertz CT molecular complexity index is 775. The first-order valence-corrected chi connectivity index (χ1v) is 9.10. The second-order valence-corrected chi connectivity index (χ2v) is 6.48. The third-order valence-corrected chi connectivity index (χ3v) is 4.74. The Kier molecular flexibility index (Phi) is 5.08. The molecule has 7 nitrogen and oxygen atoms in total. The average molecular weight is 353 g/mol. The summed E-state index contributed by atoms with van der Waals surface area (Å²) in [6.45, 7) is 5.83. The second kappa shape index (κ2) is 7.80. The van der Waals surface area contributed by atoms with Crippen LogP contribution in [0.1, 0.15) is 16.1 Å². The summed E-state index contributed by atoms with van der Waals surface area (Å²) in [7, 11) is 0. The van der Waals surface area contributed by atoms with Crippen molar-refractivity contribution in [1.82, 2.24) is 20.2 Å². The van der Waals surface area contributed by atoms with E-state index in [1.54, 1.807) is 0 Å². The fraction of sp³-hybridized carbons (Fsp3) is 0.421. The van der Waals surface area contributed by atoms with Gasteiger partial charge in [0.15, 0.2) is 5.82 Å². The highest BCUT2D eigenvalue weighted by Gasteiger charge is 2.24. The Morgan fingerprint density at radius 2 is 1.96 bits per heavy atom.